The van der Waals surface area contributed by atoms with E-state index in [9.17, 15) is 0 Å². The van der Waals surface area contributed by atoms with Crippen LogP contribution in [0.15, 0.2) is 24.3 Å². The molecule has 0 aliphatic carbocycles. The summed E-state index contributed by atoms with van der Waals surface area (Å²) < 4.78 is 2.41. The molecule has 0 saturated carbocycles. The van der Waals surface area contributed by atoms with Gasteiger partial charge in [-0.05, 0) is 37.9 Å². The Hall–Kier alpha value is -1.35. The smallest absolute Gasteiger partial charge is 0.109 e. The Bertz CT molecular complexity index is 538. The number of para-hydroxylation sites is 2. The molecule has 1 N–H and O–H groups in total. The van der Waals surface area contributed by atoms with Gasteiger partial charge in [-0.2, -0.15) is 0 Å². The summed E-state index contributed by atoms with van der Waals surface area (Å²) in [5, 5.41) is 3.63. The van der Waals surface area contributed by atoms with Crippen LogP contribution in [-0.4, -0.2) is 22.1 Å². The van der Waals surface area contributed by atoms with E-state index in [2.05, 4.69) is 41.1 Å². The number of hydrogen-bond acceptors (Lipinski definition) is 2. The van der Waals surface area contributed by atoms with Crippen LogP contribution in [0.2, 0.25) is 0 Å². The summed E-state index contributed by atoms with van der Waals surface area (Å²) in [4.78, 5) is 4.74. The lowest BCUT2D eigenvalue weighted by Crippen LogP contribution is -2.34. The third-order valence-corrected chi connectivity index (χ3v) is 4.16. The van der Waals surface area contributed by atoms with Crippen LogP contribution in [-0.2, 0) is 13.0 Å². The average molecular weight is 257 g/mol. The van der Waals surface area contributed by atoms with Crippen molar-refractivity contribution >= 4 is 11.0 Å². The first-order chi connectivity index (χ1) is 9.38. The molecular formula is C16H23N3. The second-order valence-electron chi connectivity index (χ2n) is 5.46. The van der Waals surface area contributed by atoms with Gasteiger partial charge in [-0.15, -0.1) is 0 Å². The van der Waals surface area contributed by atoms with Gasteiger partial charge in [0.15, 0.2) is 0 Å². The number of fused-ring (bicyclic) bond motifs is 1. The minimum atomic E-state index is 0.694. The first-order valence-corrected chi connectivity index (χ1v) is 7.56. The summed E-state index contributed by atoms with van der Waals surface area (Å²) in [6, 6.07) is 9.18. The highest BCUT2D eigenvalue weighted by Gasteiger charge is 2.14. The van der Waals surface area contributed by atoms with E-state index in [-0.39, 0.29) is 0 Å². The average Bonchev–Trinajstić information content (AvgIpc) is 2.84. The summed E-state index contributed by atoms with van der Waals surface area (Å²) in [7, 11) is 0. The van der Waals surface area contributed by atoms with Gasteiger partial charge in [-0.1, -0.05) is 25.5 Å². The van der Waals surface area contributed by atoms with E-state index >= 15 is 0 Å². The molecule has 1 fully saturated rings. The third kappa shape index (κ3) is 2.66. The molecule has 1 unspecified atom stereocenters. The molecular weight excluding hydrogens is 234 g/mol. The third-order valence-electron chi connectivity index (χ3n) is 4.16. The molecule has 0 radical (unpaired) electrons. The standard InChI is InChI=1S/C16H23N3/c1-2-16-18-14-8-3-4-9-15(14)19(16)12-10-13-7-5-6-11-17-13/h3-4,8-9,13,17H,2,5-7,10-12H2,1H3. The predicted octanol–water partition coefficient (Wildman–Crippen LogP) is 3.13. The molecule has 1 aromatic heterocycles. The van der Waals surface area contributed by atoms with Crippen molar-refractivity contribution in [3.05, 3.63) is 30.1 Å². The first kappa shape index (κ1) is 12.7. The zero-order valence-electron chi connectivity index (χ0n) is 11.7. The fraction of sp³-hybridized carbons (Fsp3) is 0.562. The zero-order chi connectivity index (χ0) is 13.1. The lowest BCUT2D eigenvalue weighted by atomic mass is 10.0. The second-order valence-corrected chi connectivity index (χ2v) is 5.46. The molecule has 0 spiro atoms. The molecule has 0 bridgehead atoms. The van der Waals surface area contributed by atoms with Crippen LogP contribution in [0.1, 0.15) is 38.4 Å². The fourth-order valence-electron chi connectivity index (χ4n) is 3.10. The summed E-state index contributed by atoms with van der Waals surface area (Å²) in [6.07, 6.45) is 6.27. The summed E-state index contributed by atoms with van der Waals surface area (Å²) in [5.41, 5.74) is 2.42. The predicted molar refractivity (Wildman–Crippen MR) is 79.4 cm³/mol. The number of nitrogens with zero attached hydrogens (tertiary/aromatic N) is 2. The molecule has 3 nitrogen and oxygen atoms in total. The Morgan fingerprint density at radius 3 is 3.00 bits per heavy atom. The van der Waals surface area contributed by atoms with Gasteiger partial charge in [-0.25, -0.2) is 4.98 Å². The number of benzene rings is 1. The molecule has 2 heterocycles. The number of aryl methyl sites for hydroxylation is 2. The van der Waals surface area contributed by atoms with Crippen molar-refractivity contribution in [1.82, 2.24) is 14.9 Å². The van der Waals surface area contributed by atoms with Crippen LogP contribution < -0.4 is 5.32 Å². The topological polar surface area (TPSA) is 29.9 Å². The van der Waals surface area contributed by atoms with Crippen molar-refractivity contribution in [2.75, 3.05) is 6.54 Å². The van der Waals surface area contributed by atoms with Gasteiger partial charge in [0.05, 0.1) is 11.0 Å². The van der Waals surface area contributed by atoms with Crippen molar-refractivity contribution in [1.29, 1.82) is 0 Å². The van der Waals surface area contributed by atoms with Crippen molar-refractivity contribution in [2.45, 2.75) is 51.6 Å². The highest BCUT2D eigenvalue weighted by molar-refractivity contribution is 5.75. The van der Waals surface area contributed by atoms with E-state index < -0.39 is 0 Å². The lowest BCUT2D eigenvalue weighted by Gasteiger charge is -2.23. The molecule has 0 amide bonds. The van der Waals surface area contributed by atoms with Crippen LogP contribution in [0.5, 0.6) is 0 Å². The number of rotatable bonds is 4. The molecule has 2 aromatic rings. The molecule has 1 saturated heterocycles. The normalized spacial score (nSPS) is 19.9. The Labute approximate surface area is 115 Å². The van der Waals surface area contributed by atoms with E-state index in [0.717, 1.165) is 18.5 Å². The fourth-order valence-corrected chi connectivity index (χ4v) is 3.10. The van der Waals surface area contributed by atoms with Crippen molar-refractivity contribution < 1.29 is 0 Å². The maximum atomic E-state index is 4.74. The molecule has 3 heteroatoms. The van der Waals surface area contributed by atoms with E-state index in [0.29, 0.717) is 6.04 Å². The Morgan fingerprint density at radius 2 is 2.21 bits per heavy atom. The largest absolute Gasteiger partial charge is 0.328 e. The minimum absolute atomic E-state index is 0.694. The highest BCUT2D eigenvalue weighted by atomic mass is 15.1. The first-order valence-electron chi connectivity index (χ1n) is 7.56. The van der Waals surface area contributed by atoms with Gasteiger partial charge >= 0.3 is 0 Å². The Kier molecular flexibility index (Phi) is 3.83. The molecule has 1 atom stereocenters. The molecule has 19 heavy (non-hydrogen) atoms. The van der Waals surface area contributed by atoms with Crippen molar-refractivity contribution in [2.24, 2.45) is 0 Å². The van der Waals surface area contributed by atoms with Crippen molar-refractivity contribution in [3.63, 3.8) is 0 Å². The summed E-state index contributed by atoms with van der Waals surface area (Å²) in [6.45, 7) is 4.47. The van der Waals surface area contributed by atoms with Gasteiger partial charge in [0.25, 0.3) is 0 Å². The van der Waals surface area contributed by atoms with Gasteiger partial charge in [0.1, 0.15) is 5.82 Å². The van der Waals surface area contributed by atoms with Crippen LogP contribution in [0, 0.1) is 0 Å². The lowest BCUT2D eigenvalue weighted by molar-refractivity contribution is 0.366. The van der Waals surface area contributed by atoms with Crippen LogP contribution >= 0.6 is 0 Å². The number of hydrogen-bond donors (Lipinski definition) is 1. The van der Waals surface area contributed by atoms with Gasteiger partial charge in [-0.3, -0.25) is 0 Å². The van der Waals surface area contributed by atoms with E-state index in [1.54, 1.807) is 0 Å². The molecule has 1 aromatic carbocycles. The molecule has 102 valence electrons. The van der Waals surface area contributed by atoms with E-state index in [1.165, 1.54) is 43.6 Å². The number of imidazole rings is 1. The van der Waals surface area contributed by atoms with E-state index in [4.69, 9.17) is 4.98 Å². The quantitative estimate of drug-likeness (QED) is 0.912. The maximum absolute atomic E-state index is 4.74. The Morgan fingerprint density at radius 1 is 1.32 bits per heavy atom. The Balaban J connectivity index is 1.78. The van der Waals surface area contributed by atoms with E-state index in [1.807, 2.05) is 0 Å². The zero-order valence-corrected chi connectivity index (χ0v) is 11.7. The summed E-state index contributed by atoms with van der Waals surface area (Å²) >= 11 is 0. The minimum Gasteiger partial charge on any atom is -0.328 e. The monoisotopic (exact) mass is 257 g/mol. The van der Waals surface area contributed by atoms with Gasteiger partial charge in [0, 0.05) is 19.0 Å². The van der Waals surface area contributed by atoms with Crippen LogP contribution in [0.25, 0.3) is 11.0 Å². The number of aromatic nitrogens is 2. The SMILES string of the molecule is CCc1nc2ccccc2n1CCC1CCCCN1. The maximum Gasteiger partial charge on any atom is 0.109 e. The van der Waals surface area contributed by atoms with Gasteiger partial charge in [0.2, 0.25) is 0 Å². The number of nitrogens with one attached hydrogen (secondary N) is 1. The van der Waals surface area contributed by atoms with Gasteiger partial charge < -0.3 is 9.88 Å². The number of piperidine rings is 1. The van der Waals surface area contributed by atoms with Crippen molar-refractivity contribution in [3.8, 4) is 0 Å². The van der Waals surface area contributed by atoms with Crippen LogP contribution in [0.3, 0.4) is 0 Å². The summed E-state index contributed by atoms with van der Waals surface area (Å²) in [5.74, 6) is 1.22. The second kappa shape index (κ2) is 5.74. The highest BCUT2D eigenvalue weighted by Crippen LogP contribution is 2.18. The molecule has 1 aliphatic rings. The molecule has 3 rings (SSSR count). The molecule has 1 aliphatic heterocycles. The van der Waals surface area contributed by atoms with Crippen LogP contribution in [0.4, 0.5) is 0 Å².